The van der Waals surface area contributed by atoms with Gasteiger partial charge < -0.3 is 10.3 Å². The third-order valence-corrected chi connectivity index (χ3v) is 5.89. The van der Waals surface area contributed by atoms with Crippen molar-refractivity contribution in [2.24, 2.45) is 0 Å². The van der Waals surface area contributed by atoms with Gasteiger partial charge in [0.25, 0.3) is 0 Å². The number of aromatic amines is 1. The lowest BCUT2D eigenvalue weighted by atomic mass is 10.0. The Morgan fingerprint density at radius 1 is 0.938 bits per heavy atom. The maximum Gasteiger partial charge on any atom is 0.178 e. The number of hydrogen-bond acceptors (Lipinski definition) is 8. The number of aromatic nitrogens is 8. The number of hydrogen-bond donors (Lipinski definition) is 2. The molecule has 1 atom stereocenters. The summed E-state index contributed by atoms with van der Waals surface area (Å²) in [4.78, 5) is 7.50. The van der Waals surface area contributed by atoms with Crippen LogP contribution in [0.15, 0.2) is 73.1 Å². The van der Waals surface area contributed by atoms with E-state index in [1.54, 1.807) is 6.33 Å². The summed E-state index contributed by atoms with van der Waals surface area (Å²) in [6.45, 7) is 0.570. The van der Waals surface area contributed by atoms with Gasteiger partial charge in [-0.25, -0.2) is 9.67 Å². The molecule has 10 heteroatoms. The van der Waals surface area contributed by atoms with Crippen LogP contribution in [0, 0.1) is 0 Å². The molecule has 0 aliphatic heterocycles. The van der Waals surface area contributed by atoms with Gasteiger partial charge in [0, 0.05) is 5.69 Å². The van der Waals surface area contributed by atoms with Crippen molar-refractivity contribution in [1.29, 1.82) is 0 Å². The van der Waals surface area contributed by atoms with Crippen molar-refractivity contribution in [3.05, 3.63) is 90.0 Å². The van der Waals surface area contributed by atoms with E-state index in [0.29, 0.717) is 12.4 Å². The summed E-state index contributed by atoms with van der Waals surface area (Å²) in [5, 5.41) is 16.2. The Bertz CT molecular complexity index is 1500. The molecule has 32 heavy (non-hydrogen) atoms. The van der Waals surface area contributed by atoms with Gasteiger partial charge in [-0.05, 0) is 51.9 Å². The molecule has 1 unspecified atom stereocenters. The molecule has 0 radical (unpaired) electrons. The van der Waals surface area contributed by atoms with Gasteiger partial charge in [-0.1, -0.05) is 36.4 Å². The summed E-state index contributed by atoms with van der Waals surface area (Å²) in [5.41, 5.74) is 6.63. The number of fused-ring (bicyclic) bond motifs is 2. The highest BCUT2D eigenvalue weighted by Gasteiger charge is 2.23. The van der Waals surface area contributed by atoms with Crippen LogP contribution in [0.3, 0.4) is 0 Å². The Balaban J connectivity index is 1.43. The first-order valence-corrected chi connectivity index (χ1v) is 10.8. The summed E-state index contributed by atoms with van der Waals surface area (Å²) >= 11 is 1.20. The quantitative estimate of drug-likeness (QED) is 0.406. The molecule has 6 rings (SSSR count). The van der Waals surface area contributed by atoms with Crippen molar-refractivity contribution in [2.75, 3.05) is 5.32 Å². The van der Waals surface area contributed by atoms with Crippen LogP contribution < -0.4 is 5.32 Å². The van der Waals surface area contributed by atoms with E-state index in [9.17, 15) is 0 Å². The molecule has 0 aliphatic rings. The zero-order valence-corrected chi connectivity index (χ0v) is 17.6. The fourth-order valence-electron chi connectivity index (χ4n) is 3.75. The number of anilines is 1. The van der Waals surface area contributed by atoms with E-state index in [4.69, 9.17) is 0 Å². The molecule has 156 valence electrons. The summed E-state index contributed by atoms with van der Waals surface area (Å²) in [6, 6.07) is 21.9. The summed E-state index contributed by atoms with van der Waals surface area (Å²) in [5.74, 6) is 0.707. The Labute approximate surface area is 186 Å². The predicted molar refractivity (Wildman–Crippen MR) is 122 cm³/mol. The molecule has 2 N–H and O–H groups in total. The van der Waals surface area contributed by atoms with E-state index < -0.39 is 0 Å². The number of tetrazole rings is 1. The van der Waals surface area contributed by atoms with E-state index in [2.05, 4.69) is 51.7 Å². The smallest absolute Gasteiger partial charge is 0.178 e. The Morgan fingerprint density at radius 2 is 1.84 bits per heavy atom. The van der Waals surface area contributed by atoms with Crippen LogP contribution in [0.5, 0.6) is 0 Å². The molecule has 3 aromatic heterocycles. The maximum absolute atomic E-state index is 4.40. The highest BCUT2D eigenvalue weighted by molar-refractivity contribution is 7.00. The highest BCUT2D eigenvalue weighted by Crippen LogP contribution is 2.29. The SMILES string of the molecule is c1ccc(Cn2nnnc2C(Nc2ccc3[nH]cnc3c2)c2ccc3nsnc3c2)cc1. The highest BCUT2D eigenvalue weighted by atomic mass is 32.1. The molecule has 0 fully saturated rings. The summed E-state index contributed by atoms with van der Waals surface area (Å²) in [7, 11) is 0. The van der Waals surface area contributed by atoms with Crippen LogP contribution >= 0.6 is 11.7 Å². The lowest BCUT2D eigenvalue weighted by Crippen LogP contribution is -2.19. The van der Waals surface area contributed by atoms with Gasteiger partial charge in [0.1, 0.15) is 17.1 Å². The van der Waals surface area contributed by atoms with Crippen LogP contribution in [0.25, 0.3) is 22.1 Å². The van der Waals surface area contributed by atoms with Crippen LogP contribution in [0.1, 0.15) is 23.0 Å². The second-order valence-electron chi connectivity index (χ2n) is 7.40. The second kappa shape index (κ2) is 7.82. The van der Waals surface area contributed by atoms with Crippen molar-refractivity contribution in [3.8, 4) is 0 Å². The molecule has 0 bridgehead atoms. The van der Waals surface area contributed by atoms with Crippen LogP contribution in [-0.4, -0.2) is 38.9 Å². The molecule has 0 amide bonds. The van der Waals surface area contributed by atoms with Gasteiger partial charge in [-0.2, -0.15) is 8.75 Å². The first-order chi connectivity index (χ1) is 15.8. The Kier molecular flexibility index (Phi) is 4.54. The van der Waals surface area contributed by atoms with Gasteiger partial charge in [0.15, 0.2) is 5.82 Å². The second-order valence-corrected chi connectivity index (χ2v) is 7.93. The maximum atomic E-state index is 4.40. The largest absolute Gasteiger partial charge is 0.371 e. The molecule has 0 saturated carbocycles. The number of nitrogens with one attached hydrogen (secondary N) is 2. The minimum atomic E-state index is -0.295. The predicted octanol–water partition coefficient (Wildman–Crippen LogP) is 3.80. The molecular weight excluding hydrogens is 422 g/mol. The minimum Gasteiger partial charge on any atom is -0.371 e. The molecule has 0 aliphatic carbocycles. The van der Waals surface area contributed by atoms with Crippen LogP contribution in [0.4, 0.5) is 5.69 Å². The number of nitrogens with zero attached hydrogens (tertiary/aromatic N) is 7. The van der Waals surface area contributed by atoms with E-state index in [1.807, 2.05) is 59.3 Å². The average molecular weight is 440 g/mol. The van der Waals surface area contributed by atoms with E-state index >= 15 is 0 Å². The average Bonchev–Trinajstić information content (AvgIpc) is 3.58. The zero-order valence-electron chi connectivity index (χ0n) is 16.8. The normalized spacial score (nSPS) is 12.4. The van der Waals surface area contributed by atoms with Crippen molar-refractivity contribution >= 4 is 39.5 Å². The molecule has 6 aromatic rings. The monoisotopic (exact) mass is 439 g/mol. The lowest BCUT2D eigenvalue weighted by Gasteiger charge is -2.20. The number of imidazole rings is 1. The fraction of sp³-hybridized carbons (Fsp3) is 0.0909. The van der Waals surface area contributed by atoms with Crippen molar-refractivity contribution in [3.63, 3.8) is 0 Å². The molecule has 3 heterocycles. The topological polar surface area (TPSA) is 110 Å². The van der Waals surface area contributed by atoms with Gasteiger partial charge in [0.2, 0.25) is 0 Å². The fourth-order valence-corrected chi connectivity index (χ4v) is 4.27. The number of benzene rings is 3. The first-order valence-electron chi connectivity index (χ1n) is 10.1. The molecular formula is C22H17N9S. The van der Waals surface area contributed by atoms with Gasteiger partial charge in [0.05, 0.1) is 35.6 Å². The zero-order chi connectivity index (χ0) is 21.3. The summed E-state index contributed by atoms with van der Waals surface area (Å²) in [6.07, 6.45) is 1.69. The van der Waals surface area contributed by atoms with E-state index in [0.717, 1.165) is 38.9 Å². The molecule has 0 saturated heterocycles. The van der Waals surface area contributed by atoms with Crippen LogP contribution in [-0.2, 0) is 6.54 Å². The van der Waals surface area contributed by atoms with Crippen molar-refractivity contribution < 1.29 is 0 Å². The minimum absolute atomic E-state index is 0.295. The third kappa shape index (κ3) is 3.46. The van der Waals surface area contributed by atoms with E-state index in [1.165, 1.54) is 11.7 Å². The third-order valence-electron chi connectivity index (χ3n) is 5.34. The van der Waals surface area contributed by atoms with Crippen molar-refractivity contribution in [2.45, 2.75) is 12.6 Å². The lowest BCUT2D eigenvalue weighted by molar-refractivity contribution is 0.608. The standard InChI is InChI=1S/C22H17N9S/c1-2-4-14(5-3-1)12-31-22(26-29-30-31)21(15-6-8-18-20(10-15)28-32-27-18)25-16-7-9-17-19(11-16)24-13-23-17/h1-11,13,21,25H,12H2,(H,23,24). The first kappa shape index (κ1) is 18.6. The van der Waals surface area contributed by atoms with E-state index in [-0.39, 0.29) is 6.04 Å². The molecule has 9 nitrogen and oxygen atoms in total. The van der Waals surface area contributed by atoms with Crippen molar-refractivity contribution in [1.82, 2.24) is 38.9 Å². The Morgan fingerprint density at radius 3 is 2.78 bits per heavy atom. The van der Waals surface area contributed by atoms with Gasteiger partial charge in [-0.3, -0.25) is 0 Å². The summed E-state index contributed by atoms with van der Waals surface area (Å²) < 4.78 is 10.5. The molecule has 0 spiro atoms. The van der Waals surface area contributed by atoms with Gasteiger partial charge >= 0.3 is 0 Å². The van der Waals surface area contributed by atoms with Gasteiger partial charge in [-0.15, -0.1) is 5.10 Å². The number of rotatable bonds is 6. The Hall–Kier alpha value is -4.18. The molecule has 3 aromatic carbocycles. The van der Waals surface area contributed by atoms with Crippen LogP contribution in [0.2, 0.25) is 0 Å². The number of H-pyrrole nitrogens is 1.